The lowest BCUT2D eigenvalue weighted by molar-refractivity contribution is 0.264. The fourth-order valence-electron chi connectivity index (χ4n) is 3.44. The van der Waals surface area contributed by atoms with Gasteiger partial charge in [0.2, 0.25) is 0 Å². The Bertz CT molecular complexity index is 1290. The molecule has 0 atom stereocenters. The van der Waals surface area contributed by atoms with Crippen molar-refractivity contribution >= 4 is 21.4 Å². The van der Waals surface area contributed by atoms with Crippen LogP contribution in [0.3, 0.4) is 0 Å². The number of rotatable bonds is 9. The number of oxazole rings is 1. The first-order chi connectivity index (χ1) is 15.6. The Balaban J connectivity index is 1.85. The molecule has 2 aromatic heterocycles. The maximum atomic E-state index is 11.8. The first-order valence-electron chi connectivity index (χ1n) is 10.5. The lowest BCUT2D eigenvalue weighted by Gasteiger charge is -2.27. The van der Waals surface area contributed by atoms with Crippen LogP contribution in [0.15, 0.2) is 46.3 Å². The highest BCUT2D eigenvalue weighted by molar-refractivity contribution is 7.90. The molecule has 0 saturated heterocycles. The zero-order valence-corrected chi connectivity index (χ0v) is 20.6. The number of nitrogens with zero attached hydrogens (tertiary/aromatic N) is 3. The second-order valence-corrected chi connectivity index (χ2v) is 10.7. The average molecular weight is 488 g/mol. The summed E-state index contributed by atoms with van der Waals surface area (Å²) in [4.78, 5) is 8.30. The van der Waals surface area contributed by atoms with Gasteiger partial charge in [0.05, 0.1) is 16.3 Å². The van der Waals surface area contributed by atoms with E-state index in [0.717, 1.165) is 48.7 Å². The van der Waals surface area contributed by atoms with Gasteiger partial charge >= 0.3 is 0 Å². The highest BCUT2D eigenvalue weighted by atomic mass is 35.5. The first-order valence-corrected chi connectivity index (χ1v) is 12.8. The van der Waals surface area contributed by atoms with Crippen molar-refractivity contribution in [1.29, 1.82) is 5.26 Å². The summed E-state index contributed by atoms with van der Waals surface area (Å²) in [6.45, 7) is 6.03. The van der Waals surface area contributed by atoms with Crippen LogP contribution < -0.4 is 4.74 Å². The molecule has 3 rings (SSSR count). The molecule has 3 aromatic rings. The molecule has 33 heavy (non-hydrogen) atoms. The minimum absolute atomic E-state index is 0.0784. The molecule has 0 saturated carbocycles. The number of nitriles is 1. The van der Waals surface area contributed by atoms with Crippen molar-refractivity contribution in [2.75, 3.05) is 6.26 Å². The summed E-state index contributed by atoms with van der Waals surface area (Å²) < 4.78 is 34.4. The number of sulfone groups is 1. The predicted octanol–water partition coefficient (Wildman–Crippen LogP) is 5.25. The Morgan fingerprint density at radius 1 is 1.21 bits per heavy atom. The summed E-state index contributed by atoms with van der Waals surface area (Å²) in [5, 5.41) is 10.2. The van der Waals surface area contributed by atoms with E-state index >= 15 is 0 Å². The summed E-state index contributed by atoms with van der Waals surface area (Å²) in [5.41, 5.74) is 2.57. The molecule has 0 aliphatic rings. The smallest absolute Gasteiger partial charge is 0.200 e. The number of pyridine rings is 1. The molecule has 1 aromatic carbocycles. The van der Waals surface area contributed by atoms with Gasteiger partial charge in [0.1, 0.15) is 18.4 Å². The Morgan fingerprint density at radius 2 is 1.97 bits per heavy atom. The van der Waals surface area contributed by atoms with Crippen molar-refractivity contribution in [1.82, 2.24) is 9.97 Å². The standard InChI is InChI=1S/C24H26ClN3O4S/c1-5-6-7-20-19(25)11-18(13-27-20)24(2,3)17-8-9-21(16(10-17)12-26)31-14-22-23(28-15-32-22)33(4,29)30/h8-11,13,15H,5-7,14H2,1-4H3. The van der Waals surface area contributed by atoms with Crippen molar-refractivity contribution < 1.29 is 17.6 Å². The van der Waals surface area contributed by atoms with Gasteiger partial charge in [0, 0.05) is 17.9 Å². The highest BCUT2D eigenvalue weighted by Crippen LogP contribution is 2.35. The van der Waals surface area contributed by atoms with E-state index in [-0.39, 0.29) is 17.4 Å². The number of aryl methyl sites for hydroxylation is 1. The van der Waals surface area contributed by atoms with Crippen LogP contribution in [-0.2, 0) is 28.3 Å². The van der Waals surface area contributed by atoms with E-state index in [9.17, 15) is 13.7 Å². The maximum Gasteiger partial charge on any atom is 0.200 e. The lowest BCUT2D eigenvalue weighted by Crippen LogP contribution is -2.20. The van der Waals surface area contributed by atoms with Gasteiger partial charge in [0.15, 0.2) is 27.0 Å². The van der Waals surface area contributed by atoms with Crippen molar-refractivity contribution in [3.8, 4) is 11.8 Å². The fourth-order valence-corrected chi connectivity index (χ4v) is 4.45. The minimum atomic E-state index is -3.55. The van der Waals surface area contributed by atoms with E-state index in [0.29, 0.717) is 16.3 Å². The Morgan fingerprint density at radius 3 is 2.61 bits per heavy atom. The monoisotopic (exact) mass is 487 g/mol. The summed E-state index contributed by atoms with van der Waals surface area (Å²) >= 11 is 6.49. The third kappa shape index (κ3) is 5.55. The molecule has 0 amide bonds. The molecular weight excluding hydrogens is 462 g/mol. The predicted molar refractivity (Wildman–Crippen MR) is 125 cm³/mol. The molecular formula is C24H26ClN3O4S. The number of ether oxygens (including phenoxy) is 1. The van der Waals surface area contributed by atoms with Crippen LogP contribution in [0.5, 0.6) is 5.75 Å². The number of hydrogen-bond donors (Lipinski definition) is 0. The van der Waals surface area contributed by atoms with E-state index in [1.54, 1.807) is 12.1 Å². The summed E-state index contributed by atoms with van der Waals surface area (Å²) in [6, 6.07) is 9.40. The molecule has 2 heterocycles. The zero-order chi connectivity index (χ0) is 24.2. The van der Waals surface area contributed by atoms with Gasteiger partial charge in [-0.3, -0.25) is 4.98 Å². The van der Waals surface area contributed by atoms with Crippen molar-refractivity contribution in [3.63, 3.8) is 0 Å². The third-order valence-corrected chi connectivity index (χ3v) is 6.90. The molecule has 0 aliphatic carbocycles. The molecule has 0 spiro atoms. The molecule has 0 bridgehead atoms. The summed E-state index contributed by atoms with van der Waals surface area (Å²) in [7, 11) is -3.55. The number of unbranched alkanes of at least 4 members (excludes halogenated alkanes) is 1. The quantitative estimate of drug-likeness (QED) is 0.406. The lowest BCUT2D eigenvalue weighted by atomic mass is 9.78. The highest BCUT2D eigenvalue weighted by Gasteiger charge is 2.26. The molecule has 0 N–H and O–H groups in total. The second kappa shape index (κ2) is 9.94. The Hall–Kier alpha value is -2.89. The number of halogens is 1. The van der Waals surface area contributed by atoms with E-state index in [1.807, 2.05) is 32.2 Å². The Kier molecular flexibility index (Phi) is 7.45. The molecule has 9 heteroatoms. The van der Waals surface area contributed by atoms with Crippen molar-refractivity contribution in [3.05, 3.63) is 70.0 Å². The van der Waals surface area contributed by atoms with Crippen LogP contribution in [0.25, 0.3) is 0 Å². The zero-order valence-electron chi connectivity index (χ0n) is 19.1. The largest absolute Gasteiger partial charge is 0.484 e. The normalized spacial score (nSPS) is 11.9. The van der Waals surface area contributed by atoms with Crippen molar-refractivity contribution in [2.45, 2.75) is 57.1 Å². The molecule has 0 radical (unpaired) electrons. The van der Waals surface area contributed by atoms with Crippen molar-refractivity contribution in [2.24, 2.45) is 0 Å². The van der Waals surface area contributed by atoms with Crippen LogP contribution in [0.4, 0.5) is 0 Å². The van der Waals surface area contributed by atoms with Gasteiger partial charge < -0.3 is 9.15 Å². The fraction of sp³-hybridized carbons (Fsp3) is 0.375. The second-order valence-electron chi connectivity index (χ2n) is 8.35. The summed E-state index contributed by atoms with van der Waals surface area (Å²) in [6.07, 6.45) is 6.88. The summed E-state index contributed by atoms with van der Waals surface area (Å²) in [5.74, 6) is 0.397. The topological polar surface area (TPSA) is 106 Å². The molecule has 0 unspecified atom stereocenters. The third-order valence-electron chi connectivity index (χ3n) is 5.54. The van der Waals surface area contributed by atoms with Crippen LogP contribution in [-0.4, -0.2) is 24.6 Å². The Labute approximate surface area is 199 Å². The maximum absolute atomic E-state index is 11.8. The van der Waals surface area contributed by atoms with Crippen LogP contribution in [0.1, 0.15) is 61.8 Å². The molecule has 0 fully saturated rings. The number of benzene rings is 1. The number of hydrogen-bond acceptors (Lipinski definition) is 7. The van der Waals surface area contributed by atoms with E-state index < -0.39 is 15.3 Å². The van der Waals surface area contributed by atoms with Gasteiger partial charge in [-0.25, -0.2) is 13.4 Å². The average Bonchev–Trinajstić information content (AvgIpc) is 3.26. The van der Waals surface area contributed by atoms with Gasteiger partial charge in [-0.15, -0.1) is 0 Å². The van der Waals surface area contributed by atoms with Gasteiger partial charge in [0.25, 0.3) is 0 Å². The first kappa shape index (κ1) is 24.7. The van der Waals surface area contributed by atoms with Crippen LogP contribution >= 0.6 is 11.6 Å². The molecule has 174 valence electrons. The van der Waals surface area contributed by atoms with E-state index in [4.69, 9.17) is 20.8 Å². The molecule has 7 nitrogen and oxygen atoms in total. The van der Waals surface area contributed by atoms with Gasteiger partial charge in [-0.2, -0.15) is 5.26 Å². The van der Waals surface area contributed by atoms with Crippen LogP contribution in [0, 0.1) is 11.3 Å². The minimum Gasteiger partial charge on any atom is -0.484 e. The van der Waals surface area contributed by atoms with Gasteiger partial charge in [-0.05, 0) is 42.2 Å². The SMILES string of the molecule is CCCCc1ncc(C(C)(C)c2ccc(OCc3ocnc3S(C)(=O)=O)c(C#N)c2)cc1Cl. The van der Waals surface area contributed by atoms with E-state index in [1.165, 1.54) is 0 Å². The molecule has 0 aliphatic heterocycles. The van der Waals surface area contributed by atoms with E-state index in [2.05, 4.69) is 23.0 Å². The van der Waals surface area contributed by atoms with Crippen LogP contribution in [0.2, 0.25) is 5.02 Å². The van der Waals surface area contributed by atoms with Gasteiger partial charge in [-0.1, -0.05) is 44.9 Å². The number of aromatic nitrogens is 2.